The number of amides is 3. The second-order valence-corrected chi connectivity index (χ2v) is 14.1. The summed E-state index contributed by atoms with van der Waals surface area (Å²) in [6.45, 7) is 7.46. The molecule has 2 fully saturated rings. The van der Waals surface area contributed by atoms with E-state index in [0.29, 0.717) is 61.6 Å². The Morgan fingerprint density at radius 3 is 1.56 bits per heavy atom. The van der Waals surface area contributed by atoms with Crippen LogP contribution in [0.4, 0.5) is 31.1 Å². The first-order valence-corrected chi connectivity index (χ1v) is 17.0. The quantitative estimate of drug-likeness (QED) is 0.289. The number of hydrogen-bond donors (Lipinski definition) is 3. The van der Waals surface area contributed by atoms with Crippen LogP contribution in [0.1, 0.15) is 76.1 Å². The molecule has 16 heteroatoms. The predicted octanol–water partition coefficient (Wildman–Crippen LogP) is 7.02. The minimum atomic E-state index is -4.42. The molecule has 10 nitrogen and oxygen atoms in total. The molecular weight excluding hydrogens is 718 g/mol. The van der Waals surface area contributed by atoms with E-state index in [1.165, 1.54) is 36.4 Å². The van der Waals surface area contributed by atoms with Gasteiger partial charge in [-0.2, -0.15) is 26.3 Å². The van der Waals surface area contributed by atoms with E-state index in [-0.39, 0.29) is 19.2 Å². The molecule has 0 bridgehead atoms. The lowest BCUT2D eigenvalue weighted by atomic mass is 9.88. The number of piperidine rings is 2. The Kier molecular flexibility index (Phi) is 12.5. The highest BCUT2D eigenvalue weighted by molar-refractivity contribution is 6.14. The van der Waals surface area contributed by atoms with Gasteiger partial charge in [0.05, 0.1) is 11.1 Å². The molecule has 0 unspecified atom stereocenters. The fraction of sp³-hybridized carbons (Fsp3) is 0.447. The van der Waals surface area contributed by atoms with Gasteiger partial charge in [-0.05, 0) is 107 Å². The van der Waals surface area contributed by atoms with Crippen molar-refractivity contribution in [2.75, 3.05) is 26.2 Å². The van der Waals surface area contributed by atoms with Crippen LogP contribution < -0.4 is 16.0 Å². The molecule has 0 aromatic heterocycles. The molecule has 2 spiro atoms. The summed E-state index contributed by atoms with van der Waals surface area (Å²) < 4.78 is 81.9. The maximum atomic E-state index is 12.8. The molecule has 0 saturated carbocycles. The lowest BCUT2D eigenvalue weighted by Crippen LogP contribution is -2.51. The molecule has 2 aromatic rings. The fourth-order valence-corrected chi connectivity index (χ4v) is 6.13. The number of ether oxygens (including phenoxy) is 1. The van der Waals surface area contributed by atoms with Gasteiger partial charge < -0.3 is 25.6 Å². The second-order valence-electron chi connectivity index (χ2n) is 14.1. The van der Waals surface area contributed by atoms with Crippen LogP contribution >= 0.6 is 0 Å². The molecule has 54 heavy (non-hydrogen) atoms. The second kappa shape index (κ2) is 16.2. The number of nitrogens with one attached hydrogen (secondary N) is 3. The normalized spacial score (nSPS) is 19.5. The summed E-state index contributed by atoms with van der Waals surface area (Å²) >= 11 is 0. The van der Waals surface area contributed by atoms with Gasteiger partial charge in [0.25, 0.3) is 11.8 Å². The van der Waals surface area contributed by atoms with Crippen LogP contribution in [0.3, 0.4) is 0 Å². The fourth-order valence-electron chi connectivity index (χ4n) is 6.13. The molecule has 0 aliphatic carbocycles. The van der Waals surface area contributed by atoms with E-state index in [4.69, 9.17) is 4.74 Å². The van der Waals surface area contributed by atoms with Gasteiger partial charge >= 0.3 is 18.4 Å². The molecule has 3 N–H and O–H groups in total. The smallest absolute Gasteiger partial charge is 0.416 e. The number of benzene rings is 2. The van der Waals surface area contributed by atoms with Gasteiger partial charge in [0, 0.05) is 13.1 Å². The number of rotatable bonds is 4. The molecule has 292 valence electrons. The average molecular weight is 763 g/mol. The Morgan fingerprint density at radius 1 is 0.722 bits per heavy atom. The molecule has 6 rings (SSSR count). The van der Waals surface area contributed by atoms with Crippen LogP contribution in [0, 0.1) is 0 Å². The van der Waals surface area contributed by atoms with E-state index < -0.39 is 46.3 Å². The number of alkyl halides is 6. The van der Waals surface area contributed by atoms with Gasteiger partial charge in [-0.15, -0.1) is 0 Å². The van der Waals surface area contributed by atoms with Crippen molar-refractivity contribution in [3.8, 4) is 0 Å². The molecule has 4 aliphatic rings. The van der Waals surface area contributed by atoms with Crippen molar-refractivity contribution in [3.05, 3.63) is 82.9 Å². The Morgan fingerprint density at radius 2 is 1.15 bits per heavy atom. The molecule has 3 amide bonds. The van der Waals surface area contributed by atoms with Gasteiger partial charge in [-0.3, -0.25) is 19.6 Å². The van der Waals surface area contributed by atoms with Crippen molar-refractivity contribution >= 4 is 41.7 Å². The maximum Gasteiger partial charge on any atom is 0.416 e. The number of carbonyl (C=O) groups is 3. The van der Waals surface area contributed by atoms with Gasteiger partial charge in [-0.1, -0.05) is 43.8 Å². The monoisotopic (exact) mass is 762 g/mol. The zero-order valence-electron chi connectivity index (χ0n) is 29.3. The van der Waals surface area contributed by atoms with Crippen LogP contribution in [0.5, 0.6) is 0 Å². The third-order valence-corrected chi connectivity index (χ3v) is 8.97. The van der Waals surface area contributed by atoms with E-state index in [9.17, 15) is 40.7 Å². The maximum absolute atomic E-state index is 12.8. The zero-order chi connectivity index (χ0) is 38.7. The third kappa shape index (κ3) is 10.4. The minimum Gasteiger partial charge on any atom is -0.444 e. The number of carbonyl (C=O) groups excluding carboxylic acids is 3. The number of nitrogens with zero attached hydrogens (tertiary/aromatic N) is 3. The summed E-state index contributed by atoms with van der Waals surface area (Å²) in [6, 6.07) is 9.91. The summed E-state index contributed by atoms with van der Waals surface area (Å²) in [5, 5.41) is 8.56. The highest BCUT2D eigenvalue weighted by atomic mass is 19.4. The van der Waals surface area contributed by atoms with Crippen molar-refractivity contribution in [1.29, 1.82) is 0 Å². The van der Waals surface area contributed by atoms with Crippen LogP contribution in [0.15, 0.2) is 70.7 Å². The van der Waals surface area contributed by atoms with E-state index in [1.54, 1.807) is 37.8 Å². The number of hydrogen-bond acceptors (Lipinski definition) is 7. The average Bonchev–Trinajstić information content (AvgIpc) is 3.56. The number of likely N-dealkylation sites (tertiary alicyclic amines) is 1. The lowest BCUT2D eigenvalue weighted by molar-refractivity contribution is -0.138. The SMILES string of the molecule is C.CC(C)(C)OC(=O)N1CCC2(CC1)N=C(/C=C/c1cccc(C(F)(F)F)c1)NC2=O.O=C1NC(/C=C/c2cccc(C(F)(F)F)c2)=NC12CCNCC2. The first kappa shape index (κ1) is 41.8. The molecule has 0 atom stereocenters. The van der Waals surface area contributed by atoms with E-state index in [0.717, 1.165) is 37.4 Å². The van der Waals surface area contributed by atoms with Crippen LogP contribution in [-0.4, -0.2) is 77.3 Å². The Labute approximate surface area is 309 Å². The Balaban J connectivity index is 0.000000244. The van der Waals surface area contributed by atoms with E-state index >= 15 is 0 Å². The standard InChI is InChI=1S/C21H24F3N3O3.C16H16F3N3O.CH4/c1-19(2,3)30-18(29)27-11-9-20(10-12-27)17(28)25-16(26-20)8-7-14-5-4-6-15(13-14)21(22,23)24;17-16(18,19)12-3-1-2-11(10-12)4-5-13-21-14(23)15(22-13)6-8-20-9-7-15;/h4-8,13H,9-12H2,1-3H3,(H,25,26,28);1-5,10,20H,6-9H2,(H,21,22,23);1H4/b8-7+;5-4+;. The van der Waals surface area contributed by atoms with Crippen molar-refractivity contribution in [2.45, 2.75) is 82.9 Å². The first-order chi connectivity index (χ1) is 24.8. The van der Waals surface area contributed by atoms with Crippen LogP contribution in [0.2, 0.25) is 0 Å². The summed E-state index contributed by atoms with van der Waals surface area (Å²) in [5.41, 5.74) is -2.98. The highest BCUT2D eigenvalue weighted by Gasteiger charge is 2.47. The summed E-state index contributed by atoms with van der Waals surface area (Å²) in [5.74, 6) is 0.287. The van der Waals surface area contributed by atoms with Gasteiger partial charge in [0.15, 0.2) is 0 Å². The topological polar surface area (TPSA) is 124 Å². The van der Waals surface area contributed by atoms with Crippen molar-refractivity contribution in [1.82, 2.24) is 20.9 Å². The first-order valence-electron chi connectivity index (χ1n) is 17.0. The third-order valence-electron chi connectivity index (χ3n) is 8.97. The van der Waals surface area contributed by atoms with Crippen molar-refractivity contribution in [2.24, 2.45) is 9.98 Å². The summed E-state index contributed by atoms with van der Waals surface area (Å²) in [6.07, 6.45) is -1.25. The lowest BCUT2D eigenvalue weighted by Gasteiger charge is -2.36. The molecule has 2 aromatic carbocycles. The molecular formula is C38H44F6N6O4. The number of halogens is 6. The molecule has 2 saturated heterocycles. The van der Waals surface area contributed by atoms with Gasteiger partial charge in [0.2, 0.25) is 0 Å². The Hall–Kier alpha value is -4.99. The van der Waals surface area contributed by atoms with Crippen LogP contribution in [0.25, 0.3) is 12.2 Å². The van der Waals surface area contributed by atoms with Crippen molar-refractivity contribution < 1.29 is 45.5 Å². The van der Waals surface area contributed by atoms with E-state index in [2.05, 4.69) is 25.9 Å². The highest BCUT2D eigenvalue weighted by Crippen LogP contribution is 2.33. The number of amidine groups is 2. The minimum absolute atomic E-state index is 0. The molecule has 4 aliphatic heterocycles. The molecule has 0 radical (unpaired) electrons. The van der Waals surface area contributed by atoms with Gasteiger partial charge in [-0.25, -0.2) is 4.79 Å². The van der Waals surface area contributed by atoms with Gasteiger partial charge in [0.1, 0.15) is 28.4 Å². The predicted molar refractivity (Wildman–Crippen MR) is 193 cm³/mol. The largest absolute Gasteiger partial charge is 0.444 e. The number of aliphatic imine (C=N–C) groups is 2. The van der Waals surface area contributed by atoms with E-state index in [1.807, 2.05) is 0 Å². The summed E-state index contributed by atoms with van der Waals surface area (Å²) in [4.78, 5) is 47.3. The van der Waals surface area contributed by atoms with Crippen LogP contribution in [-0.2, 0) is 26.7 Å². The van der Waals surface area contributed by atoms with Crippen molar-refractivity contribution in [3.63, 3.8) is 0 Å². The zero-order valence-corrected chi connectivity index (χ0v) is 29.3. The molecule has 4 heterocycles. The Bertz CT molecular complexity index is 1830. The summed E-state index contributed by atoms with van der Waals surface area (Å²) in [7, 11) is 0.